The minimum Gasteiger partial charge on any atom is -0.444 e. The predicted molar refractivity (Wildman–Crippen MR) is 66.6 cm³/mol. The summed E-state index contributed by atoms with van der Waals surface area (Å²) in [5, 5.41) is 5.22. The summed E-state index contributed by atoms with van der Waals surface area (Å²) >= 11 is 3.10. The van der Waals surface area contributed by atoms with Crippen molar-refractivity contribution in [3.8, 4) is 0 Å². The lowest BCUT2D eigenvalue weighted by Crippen LogP contribution is -2.40. The van der Waals surface area contributed by atoms with E-state index in [0.29, 0.717) is 4.67 Å². The lowest BCUT2D eigenvalue weighted by molar-refractivity contribution is -0.120. The van der Waals surface area contributed by atoms with Crippen LogP contribution in [-0.4, -0.2) is 24.4 Å². The molecule has 94 valence electrons. The van der Waals surface area contributed by atoms with Crippen molar-refractivity contribution >= 4 is 27.7 Å². The van der Waals surface area contributed by atoms with Crippen molar-refractivity contribution in [1.82, 2.24) is 10.6 Å². The molecule has 0 fully saturated rings. The Morgan fingerprint density at radius 1 is 1.47 bits per heavy atom. The summed E-state index contributed by atoms with van der Waals surface area (Å²) < 4.78 is 5.53. The van der Waals surface area contributed by atoms with Crippen LogP contribution in [0.1, 0.15) is 30.8 Å². The molecule has 0 saturated heterocycles. The molecule has 0 spiro atoms. The first-order valence-corrected chi connectivity index (χ1v) is 6.15. The Labute approximate surface area is 108 Å². The predicted octanol–water partition coefficient (Wildman–Crippen LogP) is 1.69. The Balaban J connectivity index is 2.36. The molecule has 6 heteroatoms. The van der Waals surface area contributed by atoms with Crippen molar-refractivity contribution in [2.45, 2.75) is 26.3 Å². The van der Waals surface area contributed by atoms with Gasteiger partial charge in [0.2, 0.25) is 5.91 Å². The smallest absolute Gasteiger partial charge is 0.287 e. The number of nitrogens with one attached hydrogen (secondary N) is 2. The largest absolute Gasteiger partial charge is 0.444 e. The van der Waals surface area contributed by atoms with Crippen molar-refractivity contribution in [3.63, 3.8) is 0 Å². The highest BCUT2D eigenvalue weighted by atomic mass is 79.9. The fraction of sp³-hybridized carbons (Fsp3) is 0.455. The lowest BCUT2D eigenvalue weighted by Gasteiger charge is -2.11. The Hall–Kier alpha value is -1.30. The van der Waals surface area contributed by atoms with Gasteiger partial charge >= 0.3 is 0 Å². The number of rotatable bonds is 5. The van der Waals surface area contributed by atoms with E-state index in [2.05, 4.69) is 26.6 Å². The molecule has 0 aromatic carbocycles. The molecular formula is C11H15BrN2O3. The minimum absolute atomic E-state index is 0.0541. The van der Waals surface area contributed by atoms with E-state index in [1.54, 1.807) is 6.07 Å². The molecule has 0 aliphatic heterocycles. The first kappa shape index (κ1) is 13.8. The molecule has 0 bridgehead atoms. The second-order valence-corrected chi connectivity index (χ2v) is 4.44. The first-order chi connectivity index (χ1) is 8.02. The maximum Gasteiger partial charge on any atom is 0.287 e. The Morgan fingerprint density at radius 2 is 2.18 bits per heavy atom. The van der Waals surface area contributed by atoms with Gasteiger partial charge in [-0.15, -0.1) is 0 Å². The van der Waals surface area contributed by atoms with E-state index in [0.717, 1.165) is 6.42 Å². The highest BCUT2D eigenvalue weighted by Gasteiger charge is 2.12. The molecule has 2 amide bonds. The maximum atomic E-state index is 11.5. The minimum atomic E-state index is -0.407. The van der Waals surface area contributed by atoms with Gasteiger partial charge in [-0.05, 0) is 41.4 Å². The van der Waals surface area contributed by atoms with Crippen molar-refractivity contribution in [1.29, 1.82) is 0 Å². The molecule has 1 unspecified atom stereocenters. The third kappa shape index (κ3) is 4.60. The SMILES string of the molecule is CCC(C)NC(=O)CNC(=O)c1ccc(Br)o1. The van der Waals surface area contributed by atoms with E-state index in [9.17, 15) is 9.59 Å². The third-order valence-electron chi connectivity index (χ3n) is 2.23. The number of amides is 2. The Kier molecular flexibility index (Phi) is 5.21. The van der Waals surface area contributed by atoms with Gasteiger partial charge in [0.25, 0.3) is 5.91 Å². The molecule has 1 atom stereocenters. The van der Waals surface area contributed by atoms with E-state index in [4.69, 9.17) is 4.42 Å². The van der Waals surface area contributed by atoms with Gasteiger partial charge in [-0.2, -0.15) is 0 Å². The number of furan rings is 1. The fourth-order valence-electron chi connectivity index (χ4n) is 1.11. The number of hydrogen-bond acceptors (Lipinski definition) is 3. The van der Waals surface area contributed by atoms with Crippen LogP contribution in [0.4, 0.5) is 0 Å². The van der Waals surface area contributed by atoms with Crippen molar-refractivity contribution in [2.75, 3.05) is 6.54 Å². The summed E-state index contributed by atoms with van der Waals surface area (Å²) in [6.45, 7) is 3.83. The molecule has 0 saturated carbocycles. The summed E-state index contributed by atoms with van der Waals surface area (Å²) in [5.41, 5.74) is 0. The quantitative estimate of drug-likeness (QED) is 0.869. The number of halogens is 1. The Morgan fingerprint density at radius 3 is 2.71 bits per heavy atom. The third-order valence-corrected chi connectivity index (χ3v) is 2.65. The van der Waals surface area contributed by atoms with Crippen LogP contribution in [0.2, 0.25) is 0 Å². The highest BCUT2D eigenvalue weighted by molar-refractivity contribution is 9.10. The number of hydrogen-bond donors (Lipinski definition) is 2. The van der Waals surface area contributed by atoms with Gasteiger partial charge in [-0.1, -0.05) is 6.92 Å². The van der Waals surface area contributed by atoms with Crippen LogP contribution >= 0.6 is 15.9 Å². The average molecular weight is 303 g/mol. The summed E-state index contributed by atoms with van der Waals surface area (Å²) in [6.07, 6.45) is 0.852. The van der Waals surface area contributed by atoms with Crippen molar-refractivity contribution in [2.24, 2.45) is 0 Å². The van der Waals surface area contributed by atoms with Gasteiger partial charge in [0, 0.05) is 6.04 Å². The summed E-state index contributed by atoms with van der Waals surface area (Å²) in [7, 11) is 0. The van der Waals surface area contributed by atoms with E-state index in [1.807, 2.05) is 13.8 Å². The van der Waals surface area contributed by atoms with Crippen LogP contribution in [-0.2, 0) is 4.79 Å². The van der Waals surface area contributed by atoms with E-state index in [-0.39, 0.29) is 24.3 Å². The van der Waals surface area contributed by atoms with Gasteiger partial charge < -0.3 is 15.1 Å². The maximum absolute atomic E-state index is 11.5. The van der Waals surface area contributed by atoms with Crippen LogP contribution in [0.15, 0.2) is 21.2 Å². The first-order valence-electron chi connectivity index (χ1n) is 5.35. The molecule has 0 aliphatic carbocycles. The van der Waals surface area contributed by atoms with Gasteiger partial charge in [0.15, 0.2) is 10.4 Å². The topological polar surface area (TPSA) is 71.3 Å². The van der Waals surface area contributed by atoms with E-state index < -0.39 is 5.91 Å². The standard InChI is InChI=1S/C11H15BrN2O3/c1-3-7(2)14-10(15)6-13-11(16)8-4-5-9(12)17-8/h4-5,7H,3,6H2,1-2H3,(H,13,16)(H,14,15). The highest BCUT2D eigenvalue weighted by Crippen LogP contribution is 2.13. The molecule has 1 aromatic rings. The molecule has 5 nitrogen and oxygen atoms in total. The molecule has 1 rings (SSSR count). The number of carbonyl (C=O) groups excluding carboxylic acids is 2. The zero-order valence-corrected chi connectivity index (χ0v) is 11.3. The van der Waals surface area contributed by atoms with Gasteiger partial charge in [-0.25, -0.2) is 0 Å². The fourth-order valence-corrected chi connectivity index (χ4v) is 1.42. The summed E-state index contributed by atoms with van der Waals surface area (Å²) in [5.74, 6) is -0.443. The van der Waals surface area contributed by atoms with E-state index >= 15 is 0 Å². The van der Waals surface area contributed by atoms with Crippen LogP contribution in [0.25, 0.3) is 0 Å². The molecule has 1 heterocycles. The van der Waals surface area contributed by atoms with Gasteiger partial charge in [0.05, 0.1) is 6.54 Å². The van der Waals surface area contributed by atoms with Crippen LogP contribution in [0, 0.1) is 0 Å². The Bertz CT molecular complexity index is 403. The second kappa shape index (κ2) is 6.44. The van der Waals surface area contributed by atoms with Crippen LogP contribution < -0.4 is 10.6 Å². The van der Waals surface area contributed by atoms with Gasteiger partial charge in [-0.3, -0.25) is 9.59 Å². The molecule has 2 N–H and O–H groups in total. The zero-order chi connectivity index (χ0) is 12.8. The van der Waals surface area contributed by atoms with Crippen molar-refractivity contribution < 1.29 is 14.0 Å². The number of carbonyl (C=O) groups is 2. The molecule has 0 aliphatic rings. The normalized spacial score (nSPS) is 11.9. The molecule has 0 radical (unpaired) electrons. The van der Waals surface area contributed by atoms with Gasteiger partial charge in [0.1, 0.15) is 0 Å². The summed E-state index contributed by atoms with van der Waals surface area (Å²) in [6, 6.07) is 3.26. The molecule has 17 heavy (non-hydrogen) atoms. The monoisotopic (exact) mass is 302 g/mol. The molecule has 1 aromatic heterocycles. The average Bonchev–Trinajstić information content (AvgIpc) is 2.72. The zero-order valence-electron chi connectivity index (χ0n) is 9.75. The van der Waals surface area contributed by atoms with Crippen molar-refractivity contribution in [3.05, 3.63) is 22.6 Å². The second-order valence-electron chi connectivity index (χ2n) is 3.66. The van der Waals surface area contributed by atoms with Crippen LogP contribution in [0.5, 0.6) is 0 Å². The van der Waals surface area contributed by atoms with Crippen LogP contribution in [0.3, 0.4) is 0 Å². The summed E-state index contributed by atoms with van der Waals surface area (Å²) in [4.78, 5) is 22.9. The molecular weight excluding hydrogens is 288 g/mol. The lowest BCUT2D eigenvalue weighted by atomic mass is 10.2. The van der Waals surface area contributed by atoms with E-state index in [1.165, 1.54) is 6.07 Å².